The summed E-state index contributed by atoms with van der Waals surface area (Å²) in [6, 6.07) is 3.95. The Morgan fingerprint density at radius 2 is 0.962 bits per heavy atom. The summed E-state index contributed by atoms with van der Waals surface area (Å²) in [4.78, 5) is 19.4. The van der Waals surface area contributed by atoms with Crippen LogP contribution in [-0.2, 0) is 28.4 Å². The van der Waals surface area contributed by atoms with Crippen LogP contribution in [0, 0.1) is 0 Å². The Kier molecular flexibility index (Phi) is 7.16. The van der Waals surface area contributed by atoms with Gasteiger partial charge in [-0.15, -0.1) is 0 Å². The predicted octanol–water partition coefficient (Wildman–Crippen LogP) is 4.24. The van der Waals surface area contributed by atoms with Gasteiger partial charge in [0.05, 0.1) is 28.2 Å². The quantitative estimate of drug-likeness (QED) is 0.524. The average molecular weight is 425 g/mol. The van der Waals surface area contributed by atoms with E-state index in [9.17, 15) is 0 Å². The van der Waals surface area contributed by atoms with Crippen molar-refractivity contribution in [2.45, 2.75) is 60.5 Å². The monoisotopic (exact) mass is 424 g/mol. The fourth-order valence-electron chi connectivity index (χ4n) is 3.56. The van der Waals surface area contributed by atoms with Crippen LogP contribution >= 0.6 is 50.5 Å². The molecule has 1 aliphatic carbocycles. The van der Waals surface area contributed by atoms with E-state index in [2.05, 4.69) is 50.5 Å². The van der Waals surface area contributed by atoms with E-state index in [0.717, 1.165) is 60.1 Å². The van der Waals surface area contributed by atoms with E-state index in [1.807, 2.05) is 12.1 Å². The third-order valence-electron chi connectivity index (χ3n) is 4.88. The molecule has 0 amide bonds. The van der Waals surface area contributed by atoms with Crippen LogP contribution in [0.15, 0.2) is 12.1 Å². The van der Waals surface area contributed by atoms with Crippen LogP contribution in [0.4, 0.5) is 0 Å². The van der Waals surface area contributed by atoms with Gasteiger partial charge in [-0.25, -0.2) is 19.9 Å². The molecule has 2 aromatic rings. The van der Waals surface area contributed by atoms with E-state index in [4.69, 9.17) is 19.9 Å². The van der Waals surface area contributed by atoms with E-state index in [-0.39, 0.29) is 5.41 Å². The molecule has 0 bridgehead atoms. The summed E-state index contributed by atoms with van der Waals surface area (Å²) in [5.74, 6) is 3.93. The maximum absolute atomic E-state index is 4.84. The van der Waals surface area contributed by atoms with Crippen molar-refractivity contribution in [3.05, 3.63) is 46.6 Å². The van der Waals surface area contributed by atoms with E-state index < -0.39 is 0 Å². The van der Waals surface area contributed by atoms with Crippen molar-refractivity contribution in [3.8, 4) is 0 Å². The second kappa shape index (κ2) is 9.17. The zero-order valence-electron chi connectivity index (χ0n) is 14.6. The fourth-order valence-corrected chi connectivity index (χ4v) is 4.21. The first-order chi connectivity index (χ1) is 12.6. The first-order valence-electron chi connectivity index (χ1n) is 8.83. The third-order valence-corrected chi connectivity index (χ3v) is 6.17. The molecule has 2 heterocycles. The lowest BCUT2D eigenvalue weighted by molar-refractivity contribution is 0.313. The molecule has 140 valence electrons. The van der Waals surface area contributed by atoms with Gasteiger partial charge in [0.1, 0.15) is 11.6 Å². The Labute approximate surface area is 177 Å². The smallest absolute Gasteiger partial charge is 0.142 e. The van der Waals surface area contributed by atoms with Gasteiger partial charge in [0, 0.05) is 23.0 Å². The maximum atomic E-state index is 4.84. The number of nitrogens with zero attached hydrogens (tertiary/aromatic N) is 4. The second-order valence-electron chi connectivity index (χ2n) is 6.62. The van der Waals surface area contributed by atoms with Gasteiger partial charge in [-0.05, 0) is 25.0 Å². The number of hydrogen-bond acceptors (Lipinski definition) is 8. The summed E-state index contributed by atoms with van der Waals surface area (Å²) in [6.07, 6.45) is 5.37. The summed E-state index contributed by atoms with van der Waals surface area (Å²) in [7, 11) is 0. The van der Waals surface area contributed by atoms with Gasteiger partial charge in [-0.1, -0.05) is 19.3 Å². The third kappa shape index (κ3) is 4.18. The van der Waals surface area contributed by atoms with E-state index >= 15 is 0 Å². The van der Waals surface area contributed by atoms with Gasteiger partial charge < -0.3 is 0 Å². The molecule has 0 atom stereocenters. The highest BCUT2D eigenvalue weighted by molar-refractivity contribution is 7.79. The van der Waals surface area contributed by atoms with Crippen LogP contribution in [0.1, 0.15) is 66.5 Å². The highest BCUT2D eigenvalue weighted by Crippen LogP contribution is 2.42. The zero-order valence-corrected chi connectivity index (χ0v) is 18.2. The van der Waals surface area contributed by atoms with Crippen molar-refractivity contribution < 1.29 is 0 Å². The lowest BCUT2D eigenvalue weighted by atomic mass is 9.72. The van der Waals surface area contributed by atoms with Gasteiger partial charge in [-0.3, -0.25) is 0 Å². The van der Waals surface area contributed by atoms with Crippen LogP contribution < -0.4 is 0 Å². The average Bonchev–Trinajstić information content (AvgIpc) is 2.73. The van der Waals surface area contributed by atoms with Gasteiger partial charge in [0.25, 0.3) is 0 Å². The van der Waals surface area contributed by atoms with E-state index in [1.165, 1.54) is 6.42 Å². The number of rotatable bonds is 6. The fraction of sp³-hybridized carbons (Fsp3) is 0.556. The van der Waals surface area contributed by atoms with Crippen LogP contribution in [0.5, 0.6) is 0 Å². The van der Waals surface area contributed by atoms with Crippen LogP contribution in [0.3, 0.4) is 0 Å². The first-order valence-corrected chi connectivity index (χ1v) is 11.4. The molecule has 0 aromatic carbocycles. The number of aromatic nitrogens is 4. The molecule has 26 heavy (non-hydrogen) atoms. The summed E-state index contributed by atoms with van der Waals surface area (Å²) in [5.41, 5.74) is 3.34. The SMILES string of the molecule is SCc1cc(CS)nc(C2(c3nc(CS)cc(CS)n3)CCCCC2)n1. The Hall–Kier alpha value is -0.440. The molecule has 0 radical (unpaired) electrons. The molecular formula is C18H24N4S4. The van der Waals surface area contributed by atoms with Gasteiger partial charge in [0.15, 0.2) is 0 Å². The summed E-state index contributed by atoms with van der Waals surface area (Å²) >= 11 is 17.7. The summed E-state index contributed by atoms with van der Waals surface area (Å²) in [5, 5.41) is 0. The normalized spacial score (nSPS) is 16.6. The minimum atomic E-state index is -0.356. The number of hydrogen-bond donors (Lipinski definition) is 4. The Bertz CT molecular complexity index is 661. The molecule has 2 aromatic heterocycles. The van der Waals surface area contributed by atoms with Crippen molar-refractivity contribution in [3.63, 3.8) is 0 Å². The highest BCUT2D eigenvalue weighted by atomic mass is 32.1. The highest BCUT2D eigenvalue weighted by Gasteiger charge is 2.42. The molecule has 0 N–H and O–H groups in total. The molecular weight excluding hydrogens is 400 g/mol. The molecule has 0 spiro atoms. The molecule has 0 saturated heterocycles. The lowest BCUT2D eigenvalue weighted by Crippen LogP contribution is -2.36. The van der Waals surface area contributed by atoms with E-state index in [1.54, 1.807) is 0 Å². The Morgan fingerprint density at radius 1 is 0.615 bits per heavy atom. The van der Waals surface area contributed by atoms with Crippen LogP contribution in [-0.4, -0.2) is 19.9 Å². The Balaban J connectivity index is 2.20. The minimum Gasteiger partial charge on any atom is -0.236 e. The van der Waals surface area contributed by atoms with Crippen molar-refractivity contribution in [1.82, 2.24) is 19.9 Å². The van der Waals surface area contributed by atoms with Gasteiger partial charge in [-0.2, -0.15) is 50.5 Å². The molecule has 1 aliphatic rings. The molecule has 4 nitrogen and oxygen atoms in total. The molecule has 8 heteroatoms. The minimum absolute atomic E-state index is 0.356. The predicted molar refractivity (Wildman–Crippen MR) is 119 cm³/mol. The standard InChI is InChI=1S/C18H24N4S4/c23-8-12-6-13(9-24)20-16(19-12)18(4-2-1-3-5-18)17-21-14(10-25)7-15(11-26)22-17/h6-7,23-26H,1-5,8-11H2. The lowest BCUT2D eigenvalue weighted by Gasteiger charge is -2.35. The topological polar surface area (TPSA) is 51.6 Å². The van der Waals surface area contributed by atoms with Crippen LogP contribution in [0.2, 0.25) is 0 Å². The van der Waals surface area contributed by atoms with Crippen molar-refractivity contribution in [2.24, 2.45) is 0 Å². The second-order valence-corrected chi connectivity index (χ2v) is 7.89. The maximum Gasteiger partial charge on any atom is 0.142 e. The number of thiol groups is 4. The largest absolute Gasteiger partial charge is 0.236 e. The Morgan fingerprint density at radius 3 is 1.27 bits per heavy atom. The molecule has 3 rings (SSSR count). The van der Waals surface area contributed by atoms with Crippen molar-refractivity contribution in [1.29, 1.82) is 0 Å². The molecule has 0 unspecified atom stereocenters. The molecule has 1 fully saturated rings. The summed E-state index contributed by atoms with van der Waals surface area (Å²) < 4.78 is 0. The zero-order chi connectivity index (χ0) is 18.6. The van der Waals surface area contributed by atoms with E-state index in [0.29, 0.717) is 23.0 Å². The van der Waals surface area contributed by atoms with Gasteiger partial charge in [0.2, 0.25) is 0 Å². The van der Waals surface area contributed by atoms with Crippen molar-refractivity contribution in [2.75, 3.05) is 0 Å². The van der Waals surface area contributed by atoms with Crippen LogP contribution in [0.25, 0.3) is 0 Å². The molecule has 1 saturated carbocycles. The van der Waals surface area contributed by atoms with Crippen molar-refractivity contribution >= 4 is 50.5 Å². The molecule has 0 aliphatic heterocycles. The first kappa shape index (κ1) is 20.3. The summed E-state index contributed by atoms with van der Waals surface area (Å²) in [6.45, 7) is 0. The van der Waals surface area contributed by atoms with Gasteiger partial charge >= 0.3 is 0 Å².